The first-order valence-corrected chi connectivity index (χ1v) is 9.55. The first kappa shape index (κ1) is 18.9. The fourth-order valence-electron chi connectivity index (χ4n) is 3.27. The Labute approximate surface area is 170 Å². The predicted molar refractivity (Wildman–Crippen MR) is 112 cm³/mol. The second-order valence-electron chi connectivity index (χ2n) is 7.56. The first-order valence-electron chi connectivity index (χ1n) is 9.55. The lowest BCUT2D eigenvalue weighted by molar-refractivity contribution is -0.118. The molecule has 0 spiro atoms. The SMILES string of the molecule is CC1(C)Cc2cccc(OCC(=O)Nc3ccc(Oc4ccccc4)cc3)c2O1. The normalized spacial score (nSPS) is 13.9. The molecule has 1 amide bonds. The maximum Gasteiger partial charge on any atom is 0.262 e. The van der Waals surface area contributed by atoms with Gasteiger partial charge < -0.3 is 19.5 Å². The lowest BCUT2D eigenvalue weighted by Gasteiger charge is -2.18. The van der Waals surface area contributed by atoms with Gasteiger partial charge in [-0.05, 0) is 56.3 Å². The van der Waals surface area contributed by atoms with Gasteiger partial charge in [0.1, 0.15) is 17.1 Å². The van der Waals surface area contributed by atoms with Crippen LogP contribution in [0, 0.1) is 0 Å². The number of carbonyl (C=O) groups excluding carboxylic acids is 1. The fourth-order valence-corrected chi connectivity index (χ4v) is 3.27. The number of anilines is 1. The number of rotatable bonds is 6. The van der Waals surface area contributed by atoms with Gasteiger partial charge in [0.05, 0.1) is 0 Å². The van der Waals surface area contributed by atoms with Crippen LogP contribution < -0.4 is 19.5 Å². The lowest BCUT2D eigenvalue weighted by atomic mass is 10.0. The summed E-state index contributed by atoms with van der Waals surface area (Å²) in [6.45, 7) is 3.98. The predicted octanol–water partition coefficient (Wildman–Crippen LogP) is 5.21. The average Bonchev–Trinajstić information content (AvgIpc) is 3.03. The minimum Gasteiger partial charge on any atom is -0.483 e. The van der Waals surface area contributed by atoms with E-state index in [1.165, 1.54) is 0 Å². The van der Waals surface area contributed by atoms with Gasteiger partial charge in [0, 0.05) is 17.7 Å². The number of fused-ring (bicyclic) bond motifs is 1. The van der Waals surface area contributed by atoms with Crippen LogP contribution in [0.2, 0.25) is 0 Å². The number of hydrogen-bond donors (Lipinski definition) is 1. The van der Waals surface area contributed by atoms with Crippen LogP contribution >= 0.6 is 0 Å². The van der Waals surface area contributed by atoms with E-state index in [2.05, 4.69) is 5.32 Å². The zero-order chi connectivity index (χ0) is 20.3. The monoisotopic (exact) mass is 389 g/mol. The second kappa shape index (κ2) is 7.87. The minimum atomic E-state index is -0.256. The molecule has 0 aliphatic carbocycles. The maximum atomic E-state index is 12.3. The number of carbonyl (C=O) groups is 1. The molecule has 148 valence electrons. The van der Waals surface area contributed by atoms with Crippen LogP contribution in [0.25, 0.3) is 0 Å². The number of benzene rings is 3. The van der Waals surface area contributed by atoms with Crippen LogP contribution in [-0.2, 0) is 11.2 Å². The van der Waals surface area contributed by atoms with Gasteiger partial charge in [-0.3, -0.25) is 4.79 Å². The quantitative estimate of drug-likeness (QED) is 0.629. The van der Waals surface area contributed by atoms with E-state index in [0.29, 0.717) is 17.2 Å². The van der Waals surface area contributed by atoms with Crippen molar-refractivity contribution in [3.8, 4) is 23.0 Å². The molecule has 4 rings (SSSR count). The van der Waals surface area contributed by atoms with Crippen molar-refractivity contribution in [1.82, 2.24) is 0 Å². The van der Waals surface area contributed by atoms with Gasteiger partial charge in [-0.25, -0.2) is 0 Å². The van der Waals surface area contributed by atoms with Crippen LogP contribution in [0.4, 0.5) is 5.69 Å². The summed E-state index contributed by atoms with van der Waals surface area (Å²) < 4.78 is 17.4. The van der Waals surface area contributed by atoms with E-state index in [4.69, 9.17) is 14.2 Å². The van der Waals surface area contributed by atoms with Crippen molar-refractivity contribution in [2.45, 2.75) is 25.9 Å². The number of amides is 1. The van der Waals surface area contributed by atoms with Crippen LogP contribution in [0.15, 0.2) is 72.8 Å². The molecule has 1 N–H and O–H groups in total. The molecule has 0 unspecified atom stereocenters. The van der Waals surface area contributed by atoms with Gasteiger partial charge in [0.15, 0.2) is 18.1 Å². The molecular formula is C24H23NO4. The Morgan fingerprint density at radius 3 is 2.45 bits per heavy atom. The Morgan fingerprint density at radius 2 is 1.69 bits per heavy atom. The largest absolute Gasteiger partial charge is 0.483 e. The van der Waals surface area contributed by atoms with E-state index in [-0.39, 0.29) is 18.1 Å². The molecule has 3 aromatic carbocycles. The van der Waals surface area contributed by atoms with E-state index in [0.717, 1.165) is 23.5 Å². The minimum absolute atomic E-state index is 0.0947. The van der Waals surface area contributed by atoms with E-state index >= 15 is 0 Å². The van der Waals surface area contributed by atoms with Gasteiger partial charge in [-0.15, -0.1) is 0 Å². The van der Waals surface area contributed by atoms with Gasteiger partial charge in [-0.2, -0.15) is 0 Å². The van der Waals surface area contributed by atoms with E-state index in [1.807, 2.05) is 74.5 Å². The molecule has 29 heavy (non-hydrogen) atoms. The number of nitrogens with one attached hydrogen (secondary N) is 1. The molecule has 1 heterocycles. The summed E-state index contributed by atoms with van der Waals surface area (Å²) in [6, 6.07) is 22.5. The van der Waals surface area contributed by atoms with Gasteiger partial charge in [0.25, 0.3) is 5.91 Å². The number of hydrogen-bond acceptors (Lipinski definition) is 4. The Kier molecular flexibility index (Phi) is 5.12. The van der Waals surface area contributed by atoms with Crippen molar-refractivity contribution in [1.29, 1.82) is 0 Å². The lowest BCUT2D eigenvalue weighted by Crippen LogP contribution is -2.25. The summed E-state index contributed by atoms with van der Waals surface area (Å²) in [5.41, 5.74) is 1.52. The Balaban J connectivity index is 1.32. The molecule has 0 atom stereocenters. The summed E-state index contributed by atoms with van der Waals surface area (Å²) in [6.07, 6.45) is 0.823. The third kappa shape index (κ3) is 4.69. The zero-order valence-electron chi connectivity index (χ0n) is 16.5. The molecule has 0 aromatic heterocycles. The highest BCUT2D eigenvalue weighted by Crippen LogP contribution is 2.41. The molecule has 0 saturated heterocycles. The van der Waals surface area contributed by atoms with Crippen LogP contribution in [0.5, 0.6) is 23.0 Å². The average molecular weight is 389 g/mol. The molecule has 0 bridgehead atoms. The molecule has 0 fully saturated rings. The summed E-state index contributed by atoms with van der Waals surface area (Å²) in [4.78, 5) is 12.3. The second-order valence-corrected chi connectivity index (χ2v) is 7.56. The highest BCUT2D eigenvalue weighted by atomic mass is 16.5. The Morgan fingerprint density at radius 1 is 0.966 bits per heavy atom. The first-order chi connectivity index (χ1) is 14.0. The van der Waals surface area contributed by atoms with Gasteiger partial charge in [0.2, 0.25) is 0 Å². The number of ether oxygens (including phenoxy) is 3. The van der Waals surface area contributed by atoms with Crippen molar-refractivity contribution >= 4 is 11.6 Å². The van der Waals surface area contributed by atoms with E-state index in [9.17, 15) is 4.79 Å². The standard InChI is InChI=1S/C24H23NO4/c1-24(2)15-17-7-6-10-21(23(17)29-24)27-16-22(26)25-18-11-13-20(14-12-18)28-19-8-4-3-5-9-19/h3-14H,15-16H2,1-2H3,(H,25,26). The maximum absolute atomic E-state index is 12.3. The molecule has 5 heteroatoms. The molecule has 3 aromatic rings. The zero-order valence-corrected chi connectivity index (χ0v) is 16.5. The highest BCUT2D eigenvalue weighted by Gasteiger charge is 2.32. The third-order valence-corrected chi connectivity index (χ3v) is 4.53. The van der Waals surface area contributed by atoms with Crippen molar-refractivity contribution in [3.05, 3.63) is 78.4 Å². The van der Waals surface area contributed by atoms with Crippen LogP contribution in [0.3, 0.4) is 0 Å². The van der Waals surface area contributed by atoms with E-state index in [1.54, 1.807) is 12.1 Å². The third-order valence-electron chi connectivity index (χ3n) is 4.53. The van der Waals surface area contributed by atoms with E-state index < -0.39 is 0 Å². The van der Waals surface area contributed by atoms with Crippen LogP contribution in [-0.4, -0.2) is 18.1 Å². The summed E-state index contributed by atoms with van der Waals surface area (Å²) in [5, 5.41) is 2.83. The molecule has 0 saturated carbocycles. The molecular weight excluding hydrogens is 366 g/mol. The fraction of sp³-hybridized carbons (Fsp3) is 0.208. The van der Waals surface area contributed by atoms with Gasteiger partial charge in [-0.1, -0.05) is 30.3 Å². The van der Waals surface area contributed by atoms with Crippen molar-refractivity contribution < 1.29 is 19.0 Å². The number of para-hydroxylation sites is 2. The molecule has 1 aliphatic rings. The Hall–Kier alpha value is -3.47. The molecule has 0 radical (unpaired) electrons. The van der Waals surface area contributed by atoms with Crippen molar-refractivity contribution in [2.24, 2.45) is 0 Å². The summed E-state index contributed by atoms with van der Waals surface area (Å²) in [5.74, 6) is 2.54. The summed E-state index contributed by atoms with van der Waals surface area (Å²) in [7, 11) is 0. The highest BCUT2D eigenvalue weighted by molar-refractivity contribution is 5.92. The van der Waals surface area contributed by atoms with Crippen molar-refractivity contribution in [3.63, 3.8) is 0 Å². The van der Waals surface area contributed by atoms with Crippen molar-refractivity contribution in [2.75, 3.05) is 11.9 Å². The van der Waals surface area contributed by atoms with Gasteiger partial charge >= 0.3 is 0 Å². The topological polar surface area (TPSA) is 56.8 Å². The van der Waals surface area contributed by atoms with Crippen LogP contribution in [0.1, 0.15) is 19.4 Å². The molecule has 1 aliphatic heterocycles. The Bertz CT molecular complexity index is 997. The smallest absolute Gasteiger partial charge is 0.262 e. The molecule has 5 nitrogen and oxygen atoms in total. The summed E-state index contributed by atoms with van der Waals surface area (Å²) >= 11 is 0.